The first-order valence-corrected chi connectivity index (χ1v) is 13.3. The number of carbonyl (C=O) groups excluding carboxylic acids is 1. The Morgan fingerprint density at radius 1 is 1.03 bits per heavy atom. The molecule has 0 saturated carbocycles. The number of nitrogens with one attached hydrogen (secondary N) is 1. The molecule has 1 N–H and O–H groups in total. The molecule has 2 atom stereocenters. The summed E-state index contributed by atoms with van der Waals surface area (Å²) in [4.78, 5) is 20.3. The lowest BCUT2D eigenvalue weighted by Crippen LogP contribution is -2.45. The van der Waals surface area contributed by atoms with E-state index in [1.54, 1.807) is 6.33 Å². The fraction of sp³-hybridized carbons (Fsp3) is 0.281. The molecule has 0 spiro atoms. The van der Waals surface area contributed by atoms with Crippen molar-refractivity contribution in [3.05, 3.63) is 125 Å². The second kappa shape index (κ2) is 11.9. The number of piperidine rings is 1. The Hall–Kier alpha value is -4.21. The van der Waals surface area contributed by atoms with Gasteiger partial charge in [-0.15, -0.1) is 0 Å². The second-order valence-electron chi connectivity index (χ2n) is 10.0. The first-order chi connectivity index (χ1) is 18.6. The summed E-state index contributed by atoms with van der Waals surface area (Å²) in [5, 5.41) is 12.3. The van der Waals surface area contributed by atoms with Crippen LogP contribution in [0, 0.1) is 17.2 Å². The van der Waals surface area contributed by atoms with E-state index in [1.807, 2.05) is 49.5 Å². The SMILES string of the molecule is C[C@H](NC(=O)C1CCCN(C(c2ccccc2)c2ccccc2)C1)c1cncn1Cc1ccc(C#N)cc1. The molecule has 1 aromatic heterocycles. The lowest BCUT2D eigenvalue weighted by molar-refractivity contribution is -0.127. The maximum atomic E-state index is 13.5. The molecule has 192 valence electrons. The predicted octanol–water partition coefficient (Wildman–Crippen LogP) is 5.48. The fourth-order valence-electron chi connectivity index (χ4n) is 5.45. The maximum Gasteiger partial charge on any atom is 0.224 e. The van der Waals surface area contributed by atoms with E-state index in [4.69, 9.17) is 5.26 Å². The minimum absolute atomic E-state index is 0.0731. The van der Waals surface area contributed by atoms with E-state index < -0.39 is 0 Å². The number of aromatic nitrogens is 2. The van der Waals surface area contributed by atoms with E-state index >= 15 is 0 Å². The quantitative estimate of drug-likeness (QED) is 0.345. The predicted molar refractivity (Wildman–Crippen MR) is 148 cm³/mol. The van der Waals surface area contributed by atoms with Crippen molar-refractivity contribution in [2.75, 3.05) is 13.1 Å². The average molecular weight is 504 g/mol. The number of benzene rings is 3. The molecular weight excluding hydrogens is 470 g/mol. The Labute approximate surface area is 224 Å². The first-order valence-electron chi connectivity index (χ1n) is 13.3. The molecule has 6 nitrogen and oxygen atoms in total. The molecule has 5 rings (SSSR count). The second-order valence-corrected chi connectivity index (χ2v) is 10.0. The van der Waals surface area contributed by atoms with Crippen molar-refractivity contribution >= 4 is 5.91 Å². The van der Waals surface area contributed by atoms with Gasteiger partial charge in [0.15, 0.2) is 0 Å². The number of imidazole rings is 1. The molecule has 0 radical (unpaired) electrons. The first kappa shape index (κ1) is 25.4. The highest BCUT2D eigenvalue weighted by molar-refractivity contribution is 5.79. The number of hydrogen-bond acceptors (Lipinski definition) is 4. The van der Waals surface area contributed by atoms with Gasteiger partial charge in [0.25, 0.3) is 0 Å². The summed E-state index contributed by atoms with van der Waals surface area (Å²) >= 11 is 0. The topological polar surface area (TPSA) is 74.0 Å². The van der Waals surface area contributed by atoms with Gasteiger partial charge in [0.1, 0.15) is 0 Å². The summed E-state index contributed by atoms with van der Waals surface area (Å²) in [6, 6.07) is 30.8. The van der Waals surface area contributed by atoms with Crippen LogP contribution < -0.4 is 5.32 Å². The standard InChI is InChI=1S/C32H33N5O/c1-24(30-20-34-23-37(30)21-26-16-14-25(19-33)15-17-26)35-32(38)29-13-8-18-36(22-29)31(27-9-4-2-5-10-27)28-11-6-3-7-12-28/h2-7,9-12,14-17,20,23-24,29,31H,8,13,18,21-22H2,1H3,(H,35,38)/t24-,29?/m0/s1. The summed E-state index contributed by atoms with van der Waals surface area (Å²) < 4.78 is 2.06. The summed E-state index contributed by atoms with van der Waals surface area (Å²) in [6.45, 7) is 4.33. The van der Waals surface area contributed by atoms with Crippen LogP contribution in [0.25, 0.3) is 0 Å². The van der Waals surface area contributed by atoms with E-state index in [2.05, 4.69) is 74.4 Å². The molecule has 0 bridgehead atoms. The molecule has 1 fully saturated rings. The third-order valence-electron chi connectivity index (χ3n) is 7.40. The Balaban J connectivity index is 1.27. The van der Waals surface area contributed by atoms with Crippen LogP contribution in [-0.2, 0) is 11.3 Å². The largest absolute Gasteiger partial charge is 0.348 e. The van der Waals surface area contributed by atoms with Crippen LogP contribution in [0.3, 0.4) is 0 Å². The van der Waals surface area contributed by atoms with Crippen LogP contribution in [-0.4, -0.2) is 33.4 Å². The zero-order valence-electron chi connectivity index (χ0n) is 21.7. The molecule has 4 aromatic rings. The number of nitrogens with zero attached hydrogens (tertiary/aromatic N) is 4. The third-order valence-corrected chi connectivity index (χ3v) is 7.40. The summed E-state index contributed by atoms with van der Waals surface area (Å²) in [5.74, 6) is 0.0178. The van der Waals surface area contributed by atoms with Gasteiger partial charge in [0.05, 0.1) is 47.9 Å². The number of hydrogen-bond donors (Lipinski definition) is 1. The zero-order chi connectivity index (χ0) is 26.3. The van der Waals surface area contributed by atoms with Crippen molar-refractivity contribution in [3.8, 4) is 6.07 Å². The summed E-state index contributed by atoms with van der Waals surface area (Å²) in [7, 11) is 0. The minimum atomic E-state index is -0.169. The third kappa shape index (κ3) is 5.85. The van der Waals surface area contributed by atoms with Gasteiger partial charge in [-0.3, -0.25) is 9.69 Å². The molecule has 1 unspecified atom stereocenters. The smallest absolute Gasteiger partial charge is 0.224 e. The molecule has 38 heavy (non-hydrogen) atoms. The summed E-state index contributed by atoms with van der Waals surface area (Å²) in [6.07, 6.45) is 5.49. The number of nitriles is 1. The highest BCUT2D eigenvalue weighted by atomic mass is 16.2. The van der Waals surface area contributed by atoms with E-state index in [0.717, 1.165) is 37.2 Å². The van der Waals surface area contributed by atoms with Gasteiger partial charge >= 0.3 is 0 Å². The Bertz CT molecular complexity index is 1340. The average Bonchev–Trinajstić information content (AvgIpc) is 3.43. The van der Waals surface area contributed by atoms with Gasteiger partial charge in [0, 0.05) is 13.1 Å². The van der Waals surface area contributed by atoms with Crippen molar-refractivity contribution < 1.29 is 4.79 Å². The van der Waals surface area contributed by atoms with Crippen molar-refractivity contribution in [2.24, 2.45) is 5.92 Å². The monoisotopic (exact) mass is 503 g/mol. The molecule has 1 aliphatic heterocycles. The van der Waals surface area contributed by atoms with Crippen molar-refractivity contribution in [3.63, 3.8) is 0 Å². The van der Waals surface area contributed by atoms with Gasteiger partial charge in [-0.2, -0.15) is 5.26 Å². The van der Waals surface area contributed by atoms with Crippen LogP contribution in [0.5, 0.6) is 0 Å². The lowest BCUT2D eigenvalue weighted by Gasteiger charge is -2.38. The Morgan fingerprint density at radius 2 is 1.68 bits per heavy atom. The molecule has 1 aliphatic rings. The number of carbonyl (C=O) groups is 1. The molecular formula is C32H33N5O. The van der Waals surface area contributed by atoms with Gasteiger partial charge < -0.3 is 9.88 Å². The van der Waals surface area contributed by atoms with Gasteiger partial charge in [0.2, 0.25) is 5.91 Å². The van der Waals surface area contributed by atoms with Crippen LogP contribution in [0.15, 0.2) is 97.5 Å². The van der Waals surface area contributed by atoms with Crippen molar-refractivity contribution in [1.82, 2.24) is 19.8 Å². The van der Waals surface area contributed by atoms with E-state index in [0.29, 0.717) is 12.1 Å². The highest BCUT2D eigenvalue weighted by Crippen LogP contribution is 2.32. The van der Waals surface area contributed by atoms with Crippen molar-refractivity contribution in [1.29, 1.82) is 5.26 Å². The molecule has 6 heteroatoms. The van der Waals surface area contributed by atoms with Crippen LogP contribution >= 0.6 is 0 Å². The molecule has 1 amide bonds. The normalized spacial score (nSPS) is 16.6. The molecule has 3 aromatic carbocycles. The van der Waals surface area contributed by atoms with Gasteiger partial charge in [-0.05, 0) is 55.1 Å². The van der Waals surface area contributed by atoms with Crippen LogP contribution in [0.4, 0.5) is 0 Å². The zero-order valence-corrected chi connectivity index (χ0v) is 21.7. The number of likely N-dealkylation sites (tertiary alicyclic amines) is 1. The number of rotatable bonds is 8. The molecule has 0 aliphatic carbocycles. The van der Waals surface area contributed by atoms with Crippen LogP contribution in [0.2, 0.25) is 0 Å². The van der Waals surface area contributed by atoms with Crippen molar-refractivity contribution in [2.45, 2.75) is 38.4 Å². The molecule has 2 heterocycles. The number of amides is 1. The minimum Gasteiger partial charge on any atom is -0.348 e. The fourth-order valence-corrected chi connectivity index (χ4v) is 5.45. The van der Waals surface area contributed by atoms with Crippen LogP contribution in [0.1, 0.15) is 59.8 Å². The van der Waals surface area contributed by atoms with Gasteiger partial charge in [-0.25, -0.2) is 4.98 Å². The highest BCUT2D eigenvalue weighted by Gasteiger charge is 2.32. The van der Waals surface area contributed by atoms with E-state index in [9.17, 15) is 4.79 Å². The maximum absolute atomic E-state index is 13.5. The summed E-state index contributed by atoms with van der Waals surface area (Å²) in [5.41, 5.74) is 5.18. The Kier molecular flexibility index (Phi) is 7.96. The Morgan fingerprint density at radius 3 is 2.32 bits per heavy atom. The van der Waals surface area contributed by atoms with Gasteiger partial charge in [-0.1, -0.05) is 72.8 Å². The molecule has 1 saturated heterocycles. The van der Waals surface area contributed by atoms with E-state index in [-0.39, 0.29) is 23.9 Å². The van der Waals surface area contributed by atoms with E-state index in [1.165, 1.54) is 11.1 Å². The lowest BCUT2D eigenvalue weighted by atomic mass is 9.91.